The molecule has 0 radical (unpaired) electrons. The molecule has 0 aliphatic carbocycles. The Morgan fingerprint density at radius 1 is 0.816 bits per heavy atom. The summed E-state index contributed by atoms with van der Waals surface area (Å²) in [5.74, 6) is -1.92. The van der Waals surface area contributed by atoms with Crippen LogP contribution in [0.4, 0.5) is 0 Å². The first kappa shape index (κ1) is 29.5. The van der Waals surface area contributed by atoms with Crippen molar-refractivity contribution >= 4 is 54.6 Å². The van der Waals surface area contributed by atoms with E-state index in [0.29, 0.717) is 6.42 Å². The van der Waals surface area contributed by atoms with Crippen molar-refractivity contribution in [1.82, 2.24) is 5.32 Å². The summed E-state index contributed by atoms with van der Waals surface area (Å²) in [6.07, 6.45) is 2.16. The third-order valence-corrected chi connectivity index (χ3v) is 16.7. The van der Waals surface area contributed by atoms with Gasteiger partial charge in [0.25, 0.3) is 0 Å². The van der Waals surface area contributed by atoms with Gasteiger partial charge in [0.15, 0.2) is 0 Å². The fourth-order valence-corrected chi connectivity index (χ4v) is 12.5. The Hall–Kier alpha value is -3.02. The van der Waals surface area contributed by atoms with Gasteiger partial charge >= 0.3 is 233 Å². The number of halogens is 1. The van der Waals surface area contributed by atoms with E-state index in [0.717, 1.165) is 12.6 Å². The molecule has 2 N–H and O–H groups in total. The number of carboxylic acids is 1. The van der Waals surface area contributed by atoms with Crippen molar-refractivity contribution in [3.63, 3.8) is 0 Å². The molecule has 38 heavy (non-hydrogen) atoms. The predicted octanol–water partition coefficient (Wildman–Crippen LogP) is 4.91. The molecule has 0 bridgehead atoms. The van der Waals surface area contributed by atoms with Crippen molar-refractivity contribution in [3.8, 4) is 0 Å². The number of aliphatic carboxylic acids is 1. The minimum atomic E-state index is -3.06. The van der Waals surface area contributed by atoms with Gasteiger partial charge in [-0.15, -0.1) is 0 Å². The van der Waals surface area contributed by atoms with E-state index in [1.54, 1.807) is 6.92 Å². The van der Waals surface area contributed by atoms with Gasteiger partial charge in [0, 0.05) is 0 Å². The normalized spacial score (nSPS) is 13.1. The van der Waals surface area contributed by atoms with E-state index in [-0.39, 0.29) is 31.8 Å². The molecule has 1 atom stereocenters. The number of esters is 1. The molecule has 3 aromatic carbocycles. The quantitative estimate of drug-likeness (QED) is 0.156. The Morgan fingerprint density at radius 2 is 1.29 bits per heavy atom. The van der Waals surface area contributed by atoms with E-state index in [2.05, 4.69) is 93.6 Å². The molecule has 3 aromatic rings. The molecular formula is C30H35BrNO5P. The van der Waals surface area contributed by atoms with Crippen LogP contribution in [0.1, 0.15) is 39.0 Å². The molecule has 0 fully saturated rings. The van der Waals surface area contributed by atoms with E-state index < -0.39 is 23.3 Å². The van der Waals surface area contributed by atoms with Crippen LogP contribution in [0.15, 0.2) is 91.0 Å². The molecular weight excluding hydrogens is 565 g/mol. The molecule has 8 heteroatoms. The third kappa shape index (κ3) is 6.89. The number of ether oxygens (including phenoxy) is 1. The number of rotatable bonds is 14. The van der Waals surface area contributed by atoms with Crippen LogP contribution in [0.3, 0.4) is 0 Å². The molecule has 0 saturated carbocycles. The number of nitrogens with one attached hydrogen (secondary N) is 1. The first-order valence-corrected chi connectivity index (χ1v) is 17.3. The molecule has 0 spiro atoms. The summed E-state index contributed by atoms with van der Waals surface area (Å²) in [7, 11) is 0. The summed E-state index contributed by atoms with van der Waals surface area (Å²) < 4.78 is 5.02. The van der Waals surface area contributed by atoms with Crippen molar-refractivity contribution in [2.24, 2.45) is 0 Å². The van der Waals surface area contributed by atoms with Gasteiger partial charge in [-0.05, 0) is 0 Å². The molecule has 0 aliphatic rings. The van der Waals surface area contributed by atoms with Crippen LogP contribution in [0, 0.1) is 0 Å². The van der Waals surface area contributed by atoms with Crippen LogP contribution in [0.25, 0.3) is 0 Å². The Balaban J connectivity index is 1.82. The van der Waals surface area contributed by atoms with E-state index in [4.69, 9.17) is 9.84 Å². The number of carboxylic acid groups (broad SMARTS) is 1. The molecule has 0 unspecified atom stereocenters. The Bertz CT molecular complexity index is 1110. The van der Waals surface area contributed by atoms with E-state index in [1.807, 2.05) is 18.2 Å². The first-order valence-electron chi connectivity index (χ1n) is 12.9. The number of benzene rings is 3. The zero-order valence-electron chi connectivity index (χ0n) is 21.6. The molecule has 0 heterocycles. The average Bonchev–Trinajstić information content (AvgIpc) is 2.95. The van der Waals surface area contributed by atoms with Crippen LogP contribution in [-0.4, -0.2) is 41.8 Å². The van der Waals surface area contributed by atoms with Gasteiger partial charge in [-0.1, -0.05) is 0 Å². The van der Waals surface area contributed by atoms with Gasteiger partial charge < -0.3 is 0 Å². The summed E-state index contributed by atoms with van der Waals surface area (Å²) in [4.78, 5) is 36.0. The van der Waals surface area contributed by atoms with Crippen molar-refractivity contribution in [1.29, 1.82) is 0 Å². The van der Waals surface area contributed by atoms with Gasteiger partial charge in [0.1, 0.15) is 0 Å². The maximum absolute atomic E-state index is 12.8. The van der Waals surface area contributed by atoms with Gasteiger partial charge in [-0.2, -0.15) is 0 Å². The second-order valence-corrected chi connectivity index (χ2v) is 18.2. The number of amides is 1. The summed E-state index contributed by atoms with van der Waals surface area (Å²) >= 11 is 4.41. The fraction of sp³-hybridized carbons (Fsp3) is 0.300. The second kappa shape index (κ2) is 13.7. The molecule has 6 nitrogen and oxygen atoms in total. The summed E-state index contributed by atoms with van der Waals surface area (Å²) in [5, 5.41) is 12.3. The molecule has 3 rings (SSSR count). The van der Waals surface area contributed by atoms with E-state index in [9.17, 15) is 14.4 Å². The molecule has 0 aromatic heterocycles. The van der Waals surface area contributed by atoms with Crippen molar-refractivity contribution in [2.75, 3.05) is 12.8 Å². The monoisotopic (exact) mass is 599 g/mol. The molecule has 0 saturated heterocycles. The maximum atomic E-state index is 12.8. The number of unbranched alkanes of at least 4 members (excludes halogenated alkanes) is 1. The van der Waals surface area contributed by atoms with Crippen LogP contribution in [0.2, 0.25) is 0 Å². The molecule has 1 amide bonds. The fourth-order valence-electron chi connectivity index (χ4n) is 4.77. The van der Waals surface area contributed by atoms with E-state index in [1.165, 1.54) is 15.9 Å². The number of carbonyl (C=O) groups is 3. The van der Waals surface area contributed by atoms with Gasteiger partial charge in [0.05, 0.1) is 0 Å². The van der Waals surface area contributed by atoms with E-state index >= 15 is 0 Å². The summed E-state index contributed by atoms with van der Waals surface area (Å²) in [5.41, 5.74) is 0. The third-order valence-electron chi connectivity index (χ3n) is 6.67. The van der Waals surface area contributed by atoms with Gasteiger partial charge in [-0.25, -0.2) is 0 Å². The second-order valence-electron chi connectivity index (χ2n) is 9.17. The van der Waals surface area contributed by atoms with Gasteiger partial charge in [0.2, 0.25) is 0 Å². The summed E-state index contributed by atoms with van der Waals surface area (Å²) in [6.45, 7) is 1.83. The SMILES string of the molecule is CCOC(=O)[C@H](CCC(=O)O)NC(=O)CCCCP(Br)(c1ccccc1)(c1ccccc1)c1ccccc1. The Kier molecular flexibility index (Phi) is 10.6. The number of hydrogen-bond donors (Lipinski definition) is 2. The Labute approximate surface area is 232 Å². The van der Waals surface area contributed by atoms with Crippen LogP contribution < -0.4 is 21.2 Å². The van der Waals surface area contributed by atoms with Crippen molar-refractivity contribution in [3.05, 3.63) is 91.0 Å². The number of hydrogen-bond acceptors (Lipinski definition) is 4. The summed E-state index contributed by atoms with van der Waals surface area (Å²) in [6, 6.07) is 30.5. The minimum absolute atomic E-state index is 0.00598. The predicted molar refractivity (Wildman–Crippen MR) is 158 cm³/mol. The zero-order chi connectivity index (χ0) is 27.5. The zero-order valence-corrected chi connectivity index (χ0v) is 24.1. The number of carbonyl (C=O) groups excluding carboxylic acids is 2. The molecule has 202 valence electrons. The first-order chi connectivity index (χ1) is 18.3. The molecule has 0 aliphatic heterocycles. The average molecular weight is 600 g/mol. The van der Waals surface area contributed by atoms with Crippen molar-refractivity contribution in [2.45, 2.75) is 45.1 Å². The standard InChI is InChI=1S/C30H35BrNO5P/c1-2-37-30(36)27(21-22-29(34)35)32-28(33)20-12-13-23-38(31,24-14-6-3-7-15-24,25-16-8-4-9-17-25)26-18-10-5-11-19-26/h3-11,14-19,27H,2,12-13,20-23H2,1H3,(H,32,33)(H,34,35)/t27-/m0/s1. The van der Waals surface area contributed by atoms with Crippen molar-refractivity contribution < 1.29 is 24.2 Å². The topological polar surface area (TPSA) is 92.7 Å². The van der Waals surface area contributed by atoms with Crippen LogP contribution in [0.5, 0.6) is 0 Å². The van der Waals surface area contributed by atoms with Gasteiger partial charge in [-0.3, -0.25) is 0 Å². The van der Waals surface area contributed by atoms with Crippen LogP contribution in [-0.2, 0) is 19.1 Å². The van der Waals surface area contributed by atoms with Crippen LogP contribution >= 0.6 is 20.8 Å². The Morgan fingerprint density at radius 3 is 1.71 bits per heavy atom.